The lowest BCUT2D eigenvalue weighted by molar-refractivity contribution is -0.385. The number of hydrogen-bond donors (Lipinski definition) is 2. The molecule has 0 atom stereocenters. The summed E-state index contributed by atoms with van der Waals surface area (Å²) < 4.78 is 0. The van der Waals surface area contributed by atoms with Crippen LogP contribution in [0.1, 0.15) is 31.2 Å². The molecule has 0 amide bonds. The Morgan fingerprint density at radius 3 is 2.63 bits per heavy atom. The molecule has 0 saturated heterocycles. The molecule has 0 aromatic heterocycles. The molecule has 2 rings (SSSR count). The molecule has 1 aliphatic carbocycles. The number of rotatable bonds is 3. The molecule has 0 spiro atoms. The smallest absolute Gasteiger partial charge is 0.287 e. The second-order valence-electron chi connectivity index (χ2n) is 4.86. The summed E-state index contributed by atoms with van der Waals surface area (Å²) in [5.41, 5.74) is 6.53. The molecule has 0 aliphatic heterocycles. The predicted molar refractivity (Wildman–Crippen MR) is 71.7 cm³/mol. The zero-order valence-corrected chi connectivity index (χ0v) is 10.5. The fourth-order valence-electron chi connectivity index (χ4n) is 2.37. The third-order valence-corrected chi connectivity index (χ3v) is 3.46. The van der Waals surface area contributed by atoms with Gasteiger partial charge in [-0.15, -0.1) is 0 Å². The number of nitro groups is 1. The molecule has 100 valence electrons. The molecule has 1 saturated carbocycles. The largest absolute Gasteiger partial charge is 0.382 e. The van der Waals surface area contributed by atoms with Gasteiger partial charge in [0.2, 0.25) is 0 Å². The number of hydrogen-bond acceptors (Lipinski definition) is 5. The quantitative estimate of drug-likeness (QED) is 0.640. The summed E-state index contributed by atoms with van der Waals surface area (Å²) in [6.45, 7) is 0. The number of nitrogens with two attached hydrogens (primary N) is 1. The van der Waals surface area contributed by atoms with Crippen molar-refractivity contribution >= 4 is 11.4 Å². The molecule has 0 bridgehead atoms. The van der Waals surface area contributed by atoms with Gasteiger partial charge in [-0.1, -0.05) is 0 Å². The highest BCUT2D eigenvalue weighted by molar-refractivity contribution is 5.59. The number of benzene rings is 1. The number of nitrogens with one attached hydrogen (secondary N) is 1. The van der Waals surface area contributed by atoms with Crippen LogP contribution < -0.4 is 11.1 Å². The Morgan fingerprint density at radius 1 is 1.37 bits per heavy atom. The summed E-state index contributed by atoms with van der Waals surface area (Å²) in [4.78, 5) is 10.2. The number of nitrogens with zero attached hydrogens (tertiary/aromatic N) is 2. The molecule has 0 heterocycles. The van der Waals surface area contributed by atoms with Gasteiger partial charge in [-0.3, -0.25) is 10.1 Å². The van der Waals surface area contributed by atoms with Crippen molar-refractivity contribution in [3.05, 3.63) is 33.9 Å². The Morgan fingerprint density at radius 2 is 2.05 bits per heavy atom. The Hall–Kier alpha value is -2.13. The van der Waals surface area contributed by atoms with Gasteiger partial charge in [-0.2, -0.15) is 5.26 Å². The zero-order valence-electron chi connectivity index (χ0n) is 10.5. The minimum atomic E-state index is -0.540. The first-order valence-electron chi connectivity index (χ1n) is 6.31. The number of anilines is 1. The van der Waals surface area contributed by atoms with E-state index in [4.69, 9.17) is 11.0 Å². The standard InChI is InChI=1S/C13H16N4O2/c14-8-9-7-12(5-6-13(9)17(18)19)16-11-3-1-10(15)2-4-11/h5-7,10-11,16H,1-4,15H2. The lowest BCUT2D eigenvalue weighted by Crippen LogP contribution is -2.32. The van der Waals surface area contributed by atoms with Crippen molar-refractivity contribution in [1.82, 2.24) is 0 Å². The fourth-order valence-corrected chi connectivity index (χ4v) is 2.37. The molecule has 3 N–H and O–H groups in total. The average molecular weight is 260 g/mol. The fraction of sp³-hybridized carbons (Fsp3) is 0.462. The van der Waals surface area contributed by atoms with Gasteiger partial charge < -0.3 is 11.1 Å². The van der Waals surface area contributed by atoms with Crippen LogP contribution >= 0.6 is 0 Å². The maximum Gasteiger partial charge on any atom is 0.287 e. The van der Waals surface area contributed by atoms with E-state index in [9.17, 15) is 10.1 Å². The van der Waals surface area contributed by atoms with E-state index in [1.54, 1.807) is 6.07 Å². The molecule has 1 aromatic carbocycles. The van der Waals surface area contributed by atoms with Crippen molar-refractivity contribution in [3.63, 3.8) is 0 Å². The molecule has 0 radical (unpaired) electrons. The lowest BCUT2D eigenvalue weighted by atomic mass is 9.91. The molecule has 1 aromatic rings. The van der Waals surface area contributed by atoms with Crippen LogP contribution in [0.15, 0.2) is 18.2 Å². The first-order valence-corrected chi connectivity index (χ1v) is 6.31. The van der Waals surface area contributed by atoms with Crippen LogP contribution in [-0.4, -0.2) is 17.0 Å². The molecule has 6 heteroatoms. The van der Waals surface area contributed by atoms with Crippen LogP contribution in [0, 0.1) is 21.4 Å². The highest BCUT2D eigenvalue weighted by Crippen LogP contribution is 2.25. The van der Waals surface area contributed by atoms with E-state index in [1.165, 1.54) is 12.1 Å². The van der Waals surface area contributed by atoms with Gasteiger partial charge in [0, 0.05) is 23.8 Å². The highest BCUT2D eigenvalue weighted by Gasteiger charge is 2.19. The maximum absolute atomic E-state index is 10.7. The second kappa shape index (κ2) is 5.67. The Kier molecular flexibility index (Phi) is 3.97. The van der Waals surface area contributed by atoms with Crippen LogP contribution in [0.5, 0.6) is 0 Å². The molecule has 1 fully saturated rings. The van der Waals surface area contributed by atoms with Crippen LogP contribution in [0.2, 0.25) is 0 Å². The van der Waals surface area contributed by atoms with Crippen molar-refractivity contribution in [2.75, 3.05) is 5.32 Å². The highest BCUT2D eigenvalue weighted by atomic mass is 16.6. The van der Waals surface area contributed by atoms with Gasteiger partial charge in [0.25, 0.3) is 5.69 Å². The number of nitro benzene ring substituents is 1. The van der Waals surface area contributed by atoms with E-state index in [-0.39, 0.29) is 17.3 Å². The average Bonchev–Trinajstić information content (AvgIpc) is 2.41. The van der Waals surface area contributed by atoms with E-state index in [0.717, 1.165) is 31.4 Å². The van der Waals surface area contributed by atoms with Crippen molar-refractivity contribution in [2.24, 2.45) is 5.73 Å². The van der Waals surface area contributed by atoms with E-state index in [0.29, 0.717) is 6.04 Å². The molecule has 6 nitrogen and oxygen atoms in total. The van der Waals surface area contributed by atoms with E-state index in [1.807, 2.05) is 6.07 Å². The van der Waals surface area contributed by atoms with Crippen LogP contribution in [0.25, 0.3) is 0 Å². The normalized spacial score (nSPS) is 22.5. The SMILES string of the molecule is N#Cc1cc(NC2CCC(N)CC2)ccc1[N+](=O)[O-]. The van der Waals surface area contributed by atoms with E-state index in [2.05, 4.69) is 5.32 Å². The summed E-state index contributed by atoms with van der Waals surface area (Å²) in [6, 6.07) is 7.02. The second-order valence-corrected chi connectivity index (χ2v) is 4.86. The summed E-state index contributed by atoms with van der Waals surface area (Å²) in [6.07, 6.45) is 3.94. The molecule has 19 heavy (non-hydrogen) atoms. The van der Waals surface area contributed by atoms with Crippen LogP contribution in [0.4, 0.5) is 11.4 Å². The molecule has 0 unspecified atom stereocenters. The maximum atomic E-state index is 10.7. The van der Waals surface area contributed by atoms with Crippen molar-refractivity contribution in [3.8, 4) is 6.07 Å². The number of nitriles is 1. The minimum Gasteiger partial charge on any atom is -0.382 e. The van der Waals surface area contributed by atoms with Gasteiger partial charge in [-0.25, -0.2) is 0 Å². The first kappa shape index (κ1) is 13.3. The van der Waals surface area contributed by atoms with Crippen LogP contribution in [-0.2, 0) is 0 Å². The first-order chi connectivity index (χ1) is 9.10. The van der Waals surface area contributed by atoms with Gasteiger partial charge in [0.15, 0.2) is 0 Å². The Labute approximate surface area is 111 Å². The lowest BCUT2D eigenvalue weighted by Gasteiger charge is -2.27. The molecule has 1 aliphatic rings. The van der Waals surface area contributed by atoms with Crippen LogP contribution in [0.3, 0.4) is 0 Å². The van der Waals surface area contributed by atoms with Gasteiger partial charge in [-0.05, 0) is 37.8 Å². The molecular formula is C13H16N4O2. The summed E-state index contributed by atoms with van der Waals surface area (Å²) >= 11 is 0. The third-order valence-electron chi connectivity index (χ3n) is 3.46. The zero-order chi connectivity index (χ0) is 13.8. The Balaban J connectivity index is 2.09. The summed E-state index contributed by atoms with van der Waals surface area (Å²) in [7, 11) is 0. The predicted octanol–water partition coefficient (Wildman–Crippen LogP) is 2.15. The topological polar surface area (TPSA) is 105 Å². The van der Waals surface area contributed by atoms with Gasteiger partial charge >= 0.3 is 0 Å². The van der Waals surface area contributed by atoms with Crippen molar-refractivity contribution in [1.29, 1.82) is 5.26 Å². The monoisotopic (exact) mass is 260 g/mol. The van der Waals surface area contributed by atoms with Gasteiger partial charge in [0.05, 0.1) is 4.92 Å². The van der Waals surface area contributed by atoms with E-state index >= 15 is 0 Å². The molecular weight excluding hydrogens is 244 g/mol. The van der Waals surface area contributed by atoms with Gasteiger partial charge in [0.1, 0.15) is 11.6 Å². The van der Waals surface area contributed by atoms with Crippen molar-refractivity contribution in [2.45, 2.75) is 37.8 Å². The minimum absolute atomic E-state index is 0.0857. The van der Waals surface area contributed by atoms with Crippen molar-refractivity contribution < 1.29 is 4.92 Å². The Bertz CT molecular complexity index is 516. The summed E-state index contributed by atoms with van der Waals surface area (Å²) in [5, 5.41) is 23.0. The third kappa shape index (κ3) is 3.20. The summed E-state index contributed by atoms with van der Waals surface area (Å²) in [5.74, 6) is 0. The van der Waals surface area contributed by atoms with E-state index < -0.39 is 4.92 Å².